The number of nitrogens with zero attached hydrogens (tertiary/aromatic N) is 3. The van der Waals surface area contributed by atoms with Gasteiger partial charge in [0, 0.05) is 22.4 Å². The third-order valence-electron chi connectivity index (χ3n) is 3.72. The van der Waals surface area contributed by atoms with Crippen LogP contribution in [0.3, 0.4) is 0 Å². The number of hydrogen-bond donors (Lipinski definition) is 1. The Kier molecular flexibility index (Phi) is 3.82. The minimum Gasteiger partial charge on any atom is -0.337 e. The molecule has 0 atom stereocenters. The quantitative estimate of drug-likeness (QED) is 0.490. The summed E-state index contributed by atoms with van der Waals surface area (Å²) in [5.74, 6) is 0.731. The molecule has 0 bridgehead atoms. The lowest BCUT2D eigenvalue weighted by Gasteiger charge is -2.03. The molecule has 0 saturated heterocycles. The molecule has 0 fully saturated rings. The maximum Gasteiger partial charge on any atom is 0.157 e. The van der Waals surface area contributed by atoms with E-state index in [1.807, 2.05) is 37.3 Å². The monoisotopic (exact) mass is 398 g/mol. The summed E-state index contributed by atoms with van der Waals surface area (Å²) >= 11 is 9.75. The van der Waals surface area contributed by atoms with E-state index in [-0.39, 0.29) is 0 Å². The van der Waals surface area contributed by atoms with Gasteiger partial charge in [-0.2, -0.15) is 0 Å². The van der Waals surface area contributed by atoms with Gasteiger partial charge in [-0.15, -0.1) is 0 Å². The van der Waals surface area contributed by atoms with Crippen LogP contribution in [0.15, 0.2) is 53.3 Å². The molecule has 6 heteroatoms. The molecule has 0 spiro atoms. The van der Waals surface area contributed by atoms with Gasteiger partial charge in [-0.1, -0.05) is 11.6 Å². The first-order valence-corrected chi connectivity index (χ1v) is 8.52. The Morgan fingerprint density at radius 1 is 1.12 bits per heavy atom. The van der Waals surface area contributed by atoms with Gasteiger partial charge in [-0.3, -0.25) is 9.97 Å². The molecule has 1 aromatic carbocycles. The average Bonchev–Trinajstić information content (AvgIpc) is 3.00. The van der Waals surface area contributed by atoms with Gasteiger partial charge in [-0.25, -0.2) is 4.98 Å². The van der Waals surface area contributed by atoms with Crippen LogP contribution in [0.4, 0.5) is 0 Å². The average molecular weight is 400 g/mol. The smallest absolute Gasteiger partial charge is 0.157 e. The maximum absolute atomic E-state index is 6.19. The number of pyridine rings is 2. The molecule has 3 heterocycles. The number of nitrogens with one attached hydrogen (secondary N) is 1. The van der Waals surface area contributed by atoms with Gasteiger partial charge in [0.05, 0.1) is 16.2 Å². The van der Waals surface area contributed by atoms with Crippen molar-refractivity contribution in [3.63, 3.8) is 0 Å². The van der Waals surface area contributed by atoms with E-state index in [0.717, 1.165) is 43.8 Å². The van der Waals surface area contributed by atoms with Crippen molar-refractivity contribution in [1.82, 2.24) is 19.9 Å². The molecule has 0 saturated carbocycles. The van der Waals surface area contributed by atoms with Crippen LogP contribution < -0.4 is 0 Å². The molecule has 4 nitrogen and oxygen atoms in total. The largest absolute Gasteiger partial charge is 0.337 e. The molecule has 0 aliphatic heterocycles. The molecule has 24 heavy (non-hydrogen) atoms. The molecule has 0 aliphatic rings. The molecule has 4 rings (SSSR count). The lowest BCUT2D eigenvalue weighted by atomic mass is 10.2. The Hall–Kier alpha value is -2.24. The Morgan fingerprint density at radius 3 is 2.75 bits per heavy atom. The second-order valence-electron chi connectivity index (χ2n) is 5.49. The van der Waals surface area contributed by atoms with E-state index >= 15 is 0 Å². The van der Waals surface area contributed by atoms with Gasteiger partial charge in [0.2, 0.25) is 0 Å². The van der Waals surface area contributed by atoms with Crippen molar-refractivity contribution in [2.45, 2.75) is 6.92 Å². The molecule has 1 N–H and O–H groups in total. The van der Waals surface area contributed by atoms with Crippen molar-refractivity contribution < 1.29 is 0 Å². The summed E-state index contributed by atoms with van der Waals surface area (Å²) in [5.41, 5.74) is 5.41. The van der Waals surface area contributed by atoms with Gasteiger partial charge in [0.1, 0.15) is 11.2 Å². The molecule has 4 aromatic rings. The maximum atomic E-state index is 6.19. The lowest BCUT2D eigenvalue weighted by Crippen LogP contribution is -1.89. The van der Waals surface area contributed by atoms with Crippen LogP contribution in [-0.4, -0.2) is 19.9 Å². The van der Waals surface area contributed by atoms with E-state index in [2.05, 4.69) is 41.9 Å². The first kappa shape index (κ1) is 15.3. The normalized spacial score (nSPS) is 11.1. The summed E-state index contributed by atoms with van der Waals surface area (Å²) in [7, 11) is 0. The molecular weight excluding hydrogens is 388 g/mol. The van der Waals surface area contributed by atoms with Crippen LogP contribution in [0.5, 0.6) is 0 Å². The van der Waals surface area contributed by atoms with Gasteiger partial charge in [0.25, 0.3) is 0 Å². The van der Waals surface area contributed by atoms with Gasteiger partial charge < -0.3 is 4.98 Å². The highest BCUT2D eigenvalue weighted by Gasteiger charge is 2.11. The number of aryl methyl sites for hydroxylation is 1. The Morgan fingerprint density at radius 2 is 2.00 bits per heavy atom. The summed E-state index contributed by atoms with van der Waals surface area (Å²) < 4.78 is 0.969. The van der Waals surface area contributed by atoms with Crippen molar-refractivity contribution in [3.8, 4) is 22.8 Å². The molecule has 0 amide bonds. The molecule has 0 aliphatic carbocycles. The predicted octanol–water partition coefficient (Wildman–Crippen LogP) is 5.41. The number of aromatic nitrogens is 4. The second kappa shape index (κ2) is 6.00. The van der Waals surface area contributed by atoms with Gasteiger partial charge in [-0.05, 0) is 64.8 Å². The van der Waals surface area contributed by atoms with Crippen molar-refractivity contribution in [3.05, 3.63) is 63.9 Å². The van der Waals surface area contributed by atoms with Crippen molar-refractivity contribution >= 4 is 38.6 Å². The number of fused-ring (bicyclic) bond motifs is 1. The van der Waals surface area contributed by atoms with Crippen LogP contribution in [0.1, 0.15) is 5.56 Å². The summed E-state index contributed by atoms with van der Waals surface area (Å²) in [6.45, 7) is 2.05. The fraction of sp³-hybridized carbons (Fsp3) is 0.0556. The van der Waals surface area contributed by atoms with Crippen LogP contribution in [0.2, 0.25) is 5.02 Å². The van der Waals surface area contributed by atoms with E-state index in [0.29, 0.717) is 5.02 Å². The van der Waals surface area contributed by atoms with E-state index < -0.39 is 0 Å². The van der Waals surface area contributed by atoms with Crippen LogP contribution >= 0.6 is 27.5 Å². The van der Waals surface area contributed by atoms with E-state index in [9.17, 15) is 0 Å². The zero-order chi connectivity index (χ0) is 16.7. The highest BCUT2D eigenvalue weighted by atomic mass is 79.9. The minimum atomic E-state index is 0.607. The van der Waals surface area contributed by atoms with Gasteiger partial charge in [0.15, 0.2) is 5.82 Å². The zero-order valence-corrected chi connectivity index (χ0v) is 15.1. The van der Waals surface area contributed by atoms with Crippen molar-refractivity contribution in [2.75, 3.05) is 0 Å². The molecular formula is C18H12BrClN4. The first-order chi connectivity index (χ1) is 11.6. The number of rotatable bonds is 2. The summed E-state index contributed by atoms with van der Waals surface area (Å²) in [6.07, 6.45) is 3.48. The number of halogens is 2. The summed E-state index contributed by atoms with van der Waals surface area (Å²) in [6, 6.07) is 11.6. The number of aromatic amines is 1. The molecule has 3 aromatic heterocycles. The number of hydrogen-bond acceptors (Lipinski definition) is 3. The van der Waals surface area contributed by atoms with Gasteiger partial charge >= 0.3 is 0 Å². The summed E-state index contributed by atoms with van der Waals surface area (Å²) in [4.78, 5) is 16.8. The topological polar surface area (TPSA) is 54.5 Å². The third-order valence-corrected chi connectivity index (χ3v) is 4.63. The Balaban J connectivity index is 1.76. The highest BCUT2D eigenvalue weighted by Crippen LogP contribution is 2.28. The standard InChI is InChI=1S/C18H12BrClN4/c1-10-7-12(19)17-15(8-10)23-18(24-17)14-5-4-11(9-22-14)16-13(20)3-2-6-21-16/h2-9H,1H3,(H,23,24). The summed E-state index contributed by atoms with van der Waals surface area (Å²) in [5, 5.41) is 0.607. The number of benzene rings is 1. The van der Waals surface area contributed by atoms with Crippen molar-refractivity contribution in [1.29, 1.82) is 0 Å². The van der Waals surface area contributed by atoms with Crippen LogP contribution in [-0.2, 0) is 0 Å². The van der Waals surface area contributed by atoms with E-state index in [1.165, 1.54) is 0 Å². The molecule has 0 radical (unpaired) electrons. The number of H-pyrrole nitrogens is 1. The zero-order valence-electron chi connectivity index (χ0n) is 12.7. The molecule has 118 valence electrons. The Labute approximate surface area is 152 Å². The second-order valence-corrected chi connectivity index (χ2v) is 6.76. The first-order valence-electron chi connectivity index (χ1n) is 7.35. The lowest BCUT2D eigenvalue weighted by molar-refractivity contribution is 1.23. The van der Waals surface area contributed by atoms with E-state index in [4.69, 9.17) is 11.6 Å². The molecule has 0 unspecified atom stereocenters. The fourth-order valence-electron chi connectivity index (χ4n) is 2.60. The fourth-order valence-corrected chi connectivity index (χ4v) is 3.50. The number of imidazole rings is 1. The van der Waals surface area contributed by atoms with Crippen LogP contribution in [0.25, 0.3) is 33.8 Å². The minimum absolute atomic E-state index is 0.607. The van der Waals surface area contributed by atoms with Crippen molar-refractivity contribution in [2.24, 2.45) is 0 Å². The van der Waals surface area contributed by atoms with E-state index in [1.54, 1.807) is 12.4 Å². The third kappa shape index (κ3) is 2.70. The SMILES string of the molecule is Cc1cc(Br)c2nc(-c3ccc(-c4ncccc4Cl)cn3)[nH]c2c1. The Bertz CT molecular complexity index is 1040. The van der Waals surface area contributed by atoms with Crippen LogP contribution in [0, 0.1) is 6.92 Å². The predicted molar refractivity (Wildman–Crippen MR) is 100 cm³/mol. The highest BCUT2D eigenvalue weighted by molar-refractivity contribution is 9.10.